The summed E-state index contributed by atoms with van der Waals surface area (Å²) >= 11 is 2.69. The van der Waals surface area contributed by atoms with Gasteiger partial charge in [0.05, 0.1) is 0 Å². The van der Waals surface area contributed by atoms with Gasteiger partial charge in [-0.3, -0.25) is 9.59 Å². The molecule has 2 rings (SSSR count). The van der Waals surface area contributed by atoms with Crippen LogP contribution in [0.4, 0.5) is 0 Å². The molecule has 0 radical (unpaired) electrons. The van der Waals surface area contributed by atoms with Crippen molar-refractivity contribution in [3.05, 3.63) is 71.8 Å². The van der Waals surface area contributed by atoms with E-state index in [-0.39, 0.29) is 15.5 Å². The lowest BCUT2D eigenvalue weighted by Gasteiger charge is -2.19. The van der Waals surface area contributed by atoms with Crippen molar-refractivity contribution >= 4 is 33.8 Å². The molecule has 0 aromatic heterocycles. The second-order valence-corrected chi connectivity index (χ2v) is 8.29. The summed E-state index contributed by atoms with van der Waals surface area (Å²) in [6, 6.07) is 18.7. The molecule has 5 heteroatoms. The molecule has 0 aliphatic rings. The highest BCUT2D eigenvalue weighted by Crippen LogP contribution is 2.24. The van der Waals surface area contributed by atoms with E-state index in [4.69, 9.17) is 0 Å². The molecule has 3 nitrogen and oxygen atoms in total. The molecule has 132 valence electrons. The molecular formula is C20H23NO2S2. The Kier molecular flexibility index (Phi) is 8.25. The molecule has 0 aliphatic heterocycles. The molecule has 0 bridgehead atoms. The Hall–Kier alpha value is -1.56. The van der Waals surface area contributed by atoms with Gasteiger partial charge in [0.25, 0.3) is 0 Å². The minimum Gasteiger partial charge on any atom is -0.308 e. The maximum Gasteiger partial charge on any atom is 0.219 e. The highest BCUT2D eigenvalue weighted by molar-refractivity contribution is 8.15. The summed E-state index contributed by atoms with van der Waals surface area (Å²) < 4.78 is 0. The number of carbonyl (C=O) groups is 2. The largest absolute Gasteiger partial charge is 0.308 e. The molecule has 2 aromatic carbocycles. The first kappa shape index (κ1) is 19.8. The molecule has 0 spiro atoms. The quantitative estimate of drug-likeness (QED) is 0.683. The standard InChI is InChI=1S/C20H23NO2S2/c1-21(2)15-18(25-20(23)17-11-7-4-8-12-17)13-14-24-19(22)16-9-5-3-6-10-16/h3-12,18H,13-15H2,1-2H3. The lowest BCUT2D eigenvalue weighted by Crippen LogP contribution is -2.25. The van der Waals surface area contributed by atoms with Gasteiger partial charge in [-0.2, -0.15) is 0 Å². The lowest BCUT2D eigenvalue weighted by atomic mass is 10.2. The summed E-state index contributed by atoms with van der Waals surface area (Å²) in [6.45, 7) is 0.809. The molecule has 0 aliphatic carbocycles. The number of rotatable bonds is 8. The molecule has 0 heterocycles. The minimum absolute atomic E-state index is 0.0867. The second-order valence-electron chi connectivity index (χ2n) is 5.95. The summed E-state index contributed by atoms with van der Waals surface area (Å²) in [6.07, 6.45) is 0.810. The predicted molar refractivity (Wildman–Crippen MR) is 109 cm³/mol. The number of benzene rings is 2. The van der Waals surface area contributed by atoms with Crippen LogP contribution >= 0.6 is 23.5 Å². The van der Waals surface area contributed by atoms with Gasteiger partial charge >= 0.3 is 0 Å². The first-order valence-electron chi connectivity index (χ1n) is 8.19. The van der Waals surface area contributed by atoms with Crippen molar-refractivity contribution in [1.82, 2.24) is 4.90 Å². The van der Waals surface area contributed by atoms with Gasteiger partial charge in [-0.1, -0.05) is 84.2 Å². The second kappa shape index (κ2) is 10.4. The van der Waals surface area contributed by atoms with Gasteiger partial charge in [-0.15, -0.1) is 0 Å². The molecule has 0 amide bonds. The topological polar surface area (TPSA) is 37.4 Å². The molecule has 1 atom stereocenters. The van der Waals surface area contributed by atoms with E-state index in [1.165, 1.54) is 23.5 Å². The molecule has 0 saturated carbocycles. The predicted octanol–water partition coefficient (Wildman–Crippen LogP) is 4.45. The summed E-state index contributed by atoms with van der Waals surface area (Å²) in [4.78, 5) is 26.7. The molecule has 0 N–H and O–H groups in total. The lowest BCUT2D eigenvalue weighted by molar-refractivity contribution is 0.108. The van der Waals surface area contributed by atoms with Crippen LogP contribution in [0.2, 0.25) is 0 Å². The molecular weight excluding hydrogens is 350 g/mol. The van der Waals surface area contributed by atoms with E-state index in [2.05, 4.69) is 4.90 Å². The van der Waals surface area contributed by atoms with Crippen molar-refractivity contribution in [1.29, 1.82) is 0 Å². The maximum absolute atomic E-state index is 12.4. The zero-order chi connectivity index (χ0) is 18.1. The van der Waals surface area contributed by atoms with Crippen LogP contribution in [0.3, 0.4) is 0 Å². The van der Waals surface area contributed by atoms with Crippen molar-refractivity contribution in [3.63, 3.8) is 0 Å². The van der Waals surface area contributed by atoms with E-state index in [1.54, 1.807) is 0 Å². The third-order valence-corrected chi connectivity index (χ3v) is 5.64. The Morgan fingerprint density at radius 2 is 1.40 bits per heavy atom. The fourth-order valence-corrected chi connectivity index (χ4v) is 4.55. The van der Waals surface area contributed by atoms with Crippen LogP contribution in [-0.4, -0.2) is 46.8 Å². The molecule has 25 heavy (non-hydrogen) atoms. The van der Waals surface area contributed by atoms with Gasteiger partial charge in [-0.25, -0.2) is 0 Å². The highest BCUT2D eigenvalue weighted by Gasteiger charge is 2.18. The van der Waals surface area contributed by atoms with Crippen LogP contribution in [0.15, 0.2) is 60.7 Å². The van der Waals surface area contributed by atoms with Crippen molar-refractivity contribution in [2.45, 2.75) is 11.7 Å². The fraction of sp³-hybridized carbons (Fsp3) is 0.300. The summed E-state index contributed by atoms with van der Waals surface area (Å²) in [7, 11) is 4.01. The number of carbonyl (C=O) groups excluding carboxylic acids is 2. The average molecular weight is 374 g/mol. The SMILES string of the molecule is CN(C)CC(CCSC(=O)c1ccccc1)SC(=O)c1ccccc1. The van der Waals surface area contributed by atoms with E-state index in [0.29, 0.717) is 5.75 Å². The fourth-order valence-electron chi connectivity index (χ4n) is 2.33. The average Bonchev–Trinajstić information content (AvgIpc) is 2.62. The van der Waals surface area contributed by atoms with Crippen LogP contribution in [0.25, 0.3) is 0 Å². The van der Waals surface area contributed by atoms with Crippen molar-refractivity contribution in [3.8, 4) is 0 Å². The Morgan fingerprint density at radius 1 is 0.880 bits per heavy atom. The van der Waals surface area contributed by atoms with Gasteiger partial charge in [0, 0.05) is 28.7 Å². The van der Waals surface area contributed by atoms with Crippen molar-refractivity contribution < 1.29 is 9.59 Å². The monoisotopic (exact) mass is 373 g/mol. The molecule has 0 fully saturated rings. The van der Waals surface area contributed by atoms with Gasteiger partial charge in [0.15, 0.2) is 0 Å². The van der Waals surface area contributed by atoms with E-state index in [0.717, 1.165) is 24.1 Å². The summed E-state index contributed by atoms with van der Waals surface area (Å²) in [5.74, 6) is 0.710. The van der Waals surface area contributed by atoms with Crippen molar-refractivity contribution in [2.75, 3.05) is 26.4 Å². The summed E-state index contributed by atoms with van der Waals surface area (Å²) in [5, 5.41) is 0.342. The van der Waals surface area contributed by atoms with Crippen LogP contribution in [0.5, 0.6) is 0 Å². The highest BCUT2D eigenvalue weighted by atomic mass is 32.2. The first-order valence-corrected chi connectivity index (χ1v) is 10.1. The Balaban J connectivity index is 1.87. The Bertz CT molecular complexity index is 675. The first-order chi connectivity index (χ1) is 12.1. The number of hydrogen-bond donors (Lipinski definition) is 0. The van der Waals surface area contributed by atoms with Crippen LogP contribution < -0.4 is 0 Å². The number of nitrogens with zero attached hydrogens (tertiary/aromatic N) is 1. The van der Waals surface area contributed by atoms with Crippen LogP contribution in [-0.2, 0) is 0 Å². The third-order valence-electron chi connectivity index (χ3n) is 3.53. The maximum atomic E-state index is 12.4. The van der Waals surface area contributed by atoms with Gasteiger partial charge in [0.1, 0.15) is 0 Å². The van der Waals surface area contributed by atoms with E-state index in [9.17, 15) is 9.59 Å². The molecule has 2 aromatic rings. The smallest absolute Gasteiger partial charge is 0.219 e. The van der Waals surface area contributed by atoms with Gasteiger partial charge in [0.2, 0.25) is 10.2 Å². The summed E-state index contributed by atoms with van der Waals surface area (Å²) in [5.41, 5.74) is 1.45. The van der Waals surface area contributed by atoms with E-state index < -0.39 is 0 Å². The number of thioether (sulfide) groups is 2. The van der Waals surface area contributed by atoms with Crippen LogP contribution in [0.1, 0.15) is 27.1 Å². The molecule has 0 saturated heterocycles. The Labute approximate surface area is 158 Å². The van der Waals surface area contributed by atoms with Crippen LogP contribution in [0, 0.1) is 0 Å². The van der Waals surface area contributed by atoms with E-state index >= 15 is 0 Å². The molecule has 1 unspecified atom stereocenters. The van der Waals surface area contributed by atoms with Gasteiger partial charge in [-0.05, 0) is 20.5 Å². The Morgan fingerprint density at radius 3 is 1.92 bits per heavy atom. The minimum atomic E-state index is 0.0867. The number of hydrogen-bond acceptors (Lipinski definition) is 5. The van der Waals surface area contributed by atoms with Crippen molar-refractivity contribution in [2.24, 2.45) is 0 Å². The zero-order valence-electron chi connectivity index (χ0n) is 14.6. The normalized spacial score (nSPS) is 12.1. The third kappa shape index (κ3) is 7.06. The van der Waals surface area contributed by atoms with Gasteiger partial charge < -0.3 is 4.90 Å². The van der Waals surface area contributed by atoms with E-state index in [1.807, 2.05) is 74.8 Å². The zero-order valence-corrected chi connectivity index (χ0v) is 16.2.